The van der Waals surface area contributed by atoms with E-state index in [1.54, 1.807) is 26.4 Å². The maximum atomic E-state index is 14.7. The number of benzene rings is 7. The Balaban J connectivity index is 1.97. The minimum Gasteiger partial charge on any atom is -0.497 e. The van der Waals surface area contributed by atoms with Gasteiger partial charge in [-0.05, 0) is 72.1 Å². The van der Waals surface area contributed by atoms with Crippen LogP contribution in [-0.4, -0.2) is 14.2 Å². The van der Waals surface area contributed by atoms with Crippen molar-refractivity contribution in [1.29, 1.82) is 0 Å². The smallest absolute Gasteiger partial charge is 0.131 e. The molecule has 0 unspecified atom stereocenters. The number of halogens is 1. The Hall–Kier alpha value is -4.37. The van der Waals surface area contributed by atoms with Gasteiger partial charge in [-0.15, -0.1) is 0 Å². The van der Waals surface area contributed by atoms with E-state index in [-0.39, 0.29) is 5.82 Å². The van der Waals surface area contributed by atoms with Gasteiger partial charge in [0.1, 0.15) is 17.3 Å². The summed E-state index contributed by atoms with van der Waals surface area (Å²) in [6, 6.07) is 30.2. The Kier molecular flexibility index (Phi) is 4.19. The molecular formula is C32H21FO2. The lowest BCUT2D eigenvalue weighted by Gasteiger charge is -2.19. The van der Waals surface area contributed by atoms with Crippen LogP contribution in [0, 0.1) is 5.82 Å². The fourth-order valence-electron chi connectivity index (χ4n) is 5.79. The van der Waals surface area contributed by atoms with Crippen LogP contribution < -0.4 is 9.47 Å². The minimum absolute atomic E-state index is 0.246. The number of ether oxygens (including phenoxy) is 2. The first-order valence-corrected chi connectivity index (χ1v) is 11.6. The van der Waals surface area contributed by atoms with Crippen LogP contribution in [0.4, 0.5) is 4.39 Å². The van der Waals surface area contributed by atoms with Gasteiger partial charge in [0.15, 0.2) is 0 Å². The highest BCUT2D eigenvalue weighted by molar-refractivity contribution is 6.43. The van der Waals surface area contributed by atoms with Gasteiger partial charge in [0, 0.05) is 16.8 Å². The quantitative estimate of drug-likeness (QED) is 0.242. The number of fused-ring (bicyclic) bond motifs is 13. The summed E-state index contributed by atoms with van der Waals surface area (Å²) in [5.41, 5.74) is 0. The number of methoxy groups -OCH3 is 2. The average Bonchev–Trinajstić information content (AvgIpc) is 2.91. The van der Waals surface area contributed by atoms with Crippen molar-refractivity contribution in [1.82, 2.24) is 0 Å². The second-order valence-electron chi connectivity index (χ2n) is 8.95. The highest BCUT2D eigenvalue weighted by Crippen LogP contribution is 2.49. The molecular weight excluding hydrogens is 435 g/mol. The predicted molar refractivity (Wildman–Crippen MR) is 145 cm³/mol. The third-order valence-corrected chi connectivity index (χ3v) is 7.24. The van der Waals surface area contributed by atoms with Gasteiger partial charge in [0.25, 0.3) is 0 Å². The van der Waals surface area contributed by atoms with E-state index in [0.717, 1.165) is 76.1 Å². The lowest BCUT2D eigenvalue weighted by molar-refractivity contribution is 0.398. The van der Waals surface area contributed by atoms with Gasteiger partial charge in [0.05, 0.1) is 14.2 Å². The first kappa shape index (κ1) is 20.0. The van der Waals surface area contributed by atoms with Gasteiger partial charge in [-0.1, -0.05) is 66.7 Å². The van der Waals surface area contributed by atoms with Crippen LogP contribution in [0.3, 0.4) is 0 Å². The van der Waals surface area contributed by atoms with Gasteiger partial charge < -0.3 is 9.47 Å². The van der Waals surface area contributed by atoms with Crippen molar-refractivity contribution in [3.05, 3.63) is 96.8 Å². The predicted octanol–water partition coefficient (Wildman–Crippen LogP) is 8.76. The molecule has 0 aliphatic rings. The monoisotopic (exact) mass is 456 g/mol. The molecule has 0 atom stereocenters. The summed E-state index contributed by atoms with van der Waals surface area (Å²) in [5.74, 6) is 1.23. The molecule has 168 valence electrons. The van der Waals surface area contributed by atoms with Gasteiger partial charge in [-0.25, -0.2) is 4.39 Å². The summed E-state index contributed by atoms with van der Waals surface area (Å²) >= 11 is 0. The topological polar surface area (TPSA) is 18.5 Å². The van der Waals surface area contributed by atoms with Crippen LogP contribution in [0.25, 0.3) is 64.6 Å². The molecule has 0 saturated heterocycles. The summed E-state index contributed by atoms with van der Waals surface area (Å²) in [5, 5.41) is 12.8. The van der Waals surface area contributed by atoms with E-state index in [1.807, 2.05) is 24.3 Å². The molecule has 3 heteroatoms. The average molecular weight is 457 g/mol. The van der Waals surface area contributed by atoms with Crippen molar-refractivity contribution < 1.29 is 13.9 Å². The fraction of sp³-hybridized carbons (Fsp3) is 0.0625. The molecule has 0 spiro atoms. The summed E-state index contributed by atoms with van der Waals surface area (Å²) in [4.78, 5) is 0. The van der Waals surface area contributed by atoms with Crippen molar-refractivity contribution in [2.75, 3.05) is 14.2 Å². The van der Waals surface area contributed by atoms with Crippen LogP contribution in [0.15, 0.2) is 91.0 Å². The first-order chi connectivity index (χ1) is 17.2. The van der Waals surface area contributed by atoms with Crippen LogP contribution in [0.5, 0.6) is 11.5 Å². The Bertz CT molecular complexity index is 1990. The molecule has 0 aliphatic carbocycles. The Morgan fingerprint density at radius 1 is 0.486 bits per heavy atom. The van der Waals surface area contributed by atoms with Gasteiger partial charge in [-0.3, -0.25) is 0 Å². The second kappa shape index (κ2) is 7.31. The largest absolute Gasteiger partial charge is 0.497 e. The van der Waals surface area contributed by atoms with Crippen molar-refractivity contribution in [2.45, 2.75) is 0 Å². The van der Waals surface area contributed by atoms with Crippen LogP contribution >= 0.6 is 0 Å². The molecule has 0 aromatic heterocycles. The molecule has 7 aromatic carbocycles. The molecule has 2 nitrogen and oxygen atoms in total. The van der Waals surface area contributed by atoms with Gasteiger partial charge in [0.2, 0.25) is 0 Å². The standard InChI is InChI=1S/C32H21FO2/c1-34-20-16-27-22-9-5-6-10-24(22)30-26-15-19(33)12-14-23(26)25-13-11-18-7-3-4-8-21(18)29(25)32(30)31(27)28(17-20)35-2/h3-17H,1-2H3. The molecule has 0 heterocycles. The Labute approximate surface area is 201 Å². The molecule has 7 rings (SSSR count). The van der Waals surface area contributed by atoms with Crippen molar-refractivity contribution >= 4 is 64.6 Å². The zero-order valence-electron chi connectivity index (χ0n) is 19.4. The molecule has 0 N–H and O–H groups in total. The van der Waals surface area contributed by atoms with E-state index in [1.165, 1.54) is 0 Å². The van der Waals surface area contributed by atoms with Gasteiger partial charge in [-0.2, -0.15) is 0 Å². The molecule has 0 fully saturated rings. The van der Waals surface area contributed by atoms with Gasteiger partial charge >= 0.3 is 0 Å². The molecule has 7 aromatic rings. The lowest BCUT2D eigenvalue weighted by Crippen LogP contribution is -1.94. The van der Waals surface area contributed by atoms with Crippen molar-refractivity contribution in [2.24, 2.45) is 0 Å². The van der Waals surface area contributed by atoms with E-state index in [2.05, 4.69) is 54.6 Å². The van der Waals surface area contributed by atoms with E-state index in [4.69, 9.17) is 9.47 Å². The van der Waals surface area contributed by atoms with E-state index in [9.17, 15) is 4.39 Å². The zero-order valence-corrected chi connectivity index (χ0v) is 19.4. The van der Waals surface area contributed by atoms with E-state index in [0.29, 0.717) is 0 Å². The third kappa shape index (κ3) is 2.69. The fourth-order valence-corrected chi connectivity index (χ4v) is 5.79. The third-order valence-electron chi connectivity index (χ3n) is 7.24. The summed E-state index contributed by atoms with van der Waals surface area (Å²) in [6.07, 6.45) is 0. The minimum atomic E-state index is -0.246. The molecule has 0 aliphatic heterocycles. The maximum absolute atomic E-state index is 14.7. The lowest BCUT2D eigenvalue weighted by atomic mass is 9.85. The zero-order chi connectivity index (χ0) is 23.7. The highest BCUT2D eigenvalue weighted by atomic mass is 19.1. The number of hydrogen-bond acceptors (Lipinski definition) is 2. The Morgan fingerprint density at radius 2 is 1.11 bits per heavy atom. The normalized spacial score (nSPS) is 11.9. The van der Waals surface area contributed by atoms with E-state index >= 15 is 0 Å². The van der Waals surface area contributed by atoms with Crippen LogP contribution in [0.2, 0.25) is 0 Å². The molecule has 0 amide bonds. The number of hydrogen-bond donors (Lipinski definition) is 0. The molecule has 35 heavy (non-hydrogen) atoms. The summed E-state index contributed by atoms with van der Waals surface area (Å²) in [7, 11) is 3.36. The summed E-state index contributed by atoms with van der Waals surface area (Å²) in [6.45, 7) is 0. The van der Waals surface area contributed by atoms with E-state index < -0.39 is 0 Å². The Morgan fingerprint density at radius 3 is 1.91 bits per heavy atom. The van der Waals surface area contributed by atoms with Crippen molar-refractivity contribution in [3.63, 3.8) is 0 Å². The summed E-state index contributed by atoms with van der Waals surface area (Å²) < 4.78 is 26.3. The van der Waals surface area contributed by atoms with Crippen molar-refractivity contribution in [3.8, 4) is 11.5 Å². The number of rotatable bonds is 2. The van der Waals surface area contributed by atoms with Crippen LogP contribution in [0.1, 0.15) is 0 Å². The molecule has 0 saturated carbocycles. The SMILES string of the molecule is COc1cc(OC)c2c(c1)c1ccccc1c1c3cc(F)ccc3c3ccc4ccccc4c3c21. The first-order valence-electron chi connectivity index (χ1n) is 11.6. The maximum Gasteiger partial charge on any atom is 0.131 e. The van der Waals surface area contributed by atoms with Crippen LogP contribution in [-0.2, 0) is 0 Å². The highest BCUT2D eigenvalue weighted by Gasteiger charge is 2.20. The molecule has 0 radical (unpaired) electrons. The molecule has 0 bridgehead atoms. The second-order valence-corrected chi connectivity index (χ2v) is 8.95.